The molecule has 2 unspecified atom stereocenters. The molecule has 1 heterocycles. The Kier molecular flexibility index (Phi) is 11.1. The van der Waals surface area contributed by atoms with Crippen LogP contribution in [-0.2, 0) is 52.4 Å². The number of halogens is 6. The van der Waals surface area contributed by atoms with E-state index in [1.807, 2.05) is 47.4 Å². The number of ether oxygens (including phenoxy) is 2. The monoisotopic (exact) mass is 698 g/mol. The summed E-state index contributed by atoms with van der Waals surface area (Å²) in [5, 5.41) is 0. The van der Waals surface area contributed by atoms with Gasteiger partial charge in [-0.15, -0.1) is 0 Å². The fourth-order valence-electron chi connectivity index (χ4n) is 6.89. The molecule has 5 rings (SSSR count). The second-order valence-corrected chi connectivity index (χ2v) is 12.8. The molecule has 1 amide bonds. The highest BCUT2D eigenvalue weighted by molar-refractivity contribution is 5.81. The van der Waals surface area contributed by atoms with Crippen molar-refractivity contribution in [1.29, 1.82) is 0 Å². The van der Waals surface area contributed by atoms with Gasteiger partial charge in [-0.25, -0.2) is 0 Å². The number of amides is 1. The van der Waals surface area contributed by atoms with Crippen LogP contribution in [0.5, 0.6) is 0 Å². The molecule has 1 aliphatic rings. The Morgan fingerprint density at radius 1 is 0.740 bits per heavy atom. The zero-order valence-corrected chi connectivity index (χ0v) is 28.3. The van der Waals surface area contributed by atoms with Gasteiger partial charge in [-0.05, 0) is 94.6 Å². The number of hydrogen-bond acceptors (Lipinski definition) is 4. The van der Waals surface area contributed by atoms with Gasteiger partial charge in [0.15, 0.2) is 0 Å². The summed E-state index contributed by atoms with van der Waals surface area (Å²) in [6.45, 7) is 4.35. The maximum atomic E-state index is 13.7. The fraction of sp³-hybridized carbons (Fsp3) is 0.359. The van der Waals surface area contributed by atoms with Gasteiger partial charge in [0, 0.05) is 40.2 Å². The van der Waals surface area contributed by atoms with E-state index < -0.39 is 47.6 Å². The van der Waals surface area contributed by atoms with Crippen molar-refractivity contribution in [2.75, 3.05) is 20.8 Å². The predicted octanol–water partition coefficient (Wildman–Crippen LogP) is 8.79. The first-order chi connectivity index (χ1) is 23.6. The molecule has 0 saturated heterocycles. The number of carbonyl (C=O) groups excluding carboxylic acids is 1. The molecule has 0 fully saturated rings. The van der Waals surface area contributed by atoms with E-state index in [-0.39, 0.29) is 12.8 Å². The lowest BCUT2D eigenvalue weighted by Crippen LogP contribution is -2.41. The number of hydrogen-bond donors (Lipinski definition) is 1. The third-order valence-corrected chi connectivity index (χ3v) is 9.60. The molecule has 1 aliphatic heterocycles. The number of benzene rings is 4. The van der Waals surface area contributed by atoms with E-state index in [0.717, 1.165) is 52.1 Å². The predicted molar refractivity (Wildman–Crippen MR) is 178 cm³/mol. The van der Waals surface area contributed by atoms with Crippen molar-refractivity contribution in [3.05, 3.63) is 140 Å². The molecule has 50 heavy (non-hydrogen) atoms. The summed E-state index contributed by atoms with van der Waals surface area (Å²) in [6.07, 6.45) is -9.66. The number of nitrogens with two attached hydrogens (primary N) is 1. The summed E-state index contributed by atoms with van der Waals surface area (Å²) >= 11 is 0. The minimum Gasteiger partial charge on any atom is -0.376 e. The van der Waals surface area contributed by atoms with Crippen molar-refractivity contribution in [1.82, 2.24) is 4.90 Å². The van der Waals surface area contributed by atoms with Gasteiger partial charge in [0.2, 0.25) is 5.91 Å². The third kappa shape index (κ3) is 8.22. The SMILES string of the molecule is COC(Cc1cc2c(cc1CC(OC)c1cc(C(F)(F)F)ccc1C)CN([C@@H](C(N)=O)c1ccccc1)CC2)c1cc(C(F)(F)F)ccc1C. The summed E-state index contributed by atoms with van der Waals surface area (Å²) in [5.74, 6) is -0.490. The van der Waals surface area contributed by atoms with E-state index in [9.17, 15) is 31.1 Å². The van der Waals surface area contributed by atoms with Gasteiger partial charge in [-0.1, -0.05) is 54.6 Å². The van der Waals surface area contributed by atoms with Crippen LogP contribution in [0.2, 0.25) is 0 Å². The van der Waals surface area contributed by atoms with Crippen LogP contribution in [0.15, 0.2) is 78.9 Å². The van der Waals surface area contributed by atoms with Crippen molar-refractivity contribution in [3.8, 4) is 0 Å². The van der Waals surface area contributed by atoms with E-state index in [4.69, 9.17) is 15.2 Å². The molecule has 0 bridgehead atoms. The van der Waals surface area contributed by atoms with Crippen molar-refractivity contribution in [2.24, 2.45) is 5.73 Å². The zero-order valence-electron chi connectivity index (χ0n) is 28.3. The highest BCUT2D eigenvalue weighted by Crippen LogP contribution is 2.38. The molecule has 0 spiro atoms. The van der Waals surface area contributed by atoms with Crippen LogP contribution in [0.3, 0.4) is 0 Å². The molecule has 0 aromatic heterocycles. The first-order valence-corrected chi connectivity index (χ1v) is 16.2. The fourth-order valence-corrected chi connectivity index (χ4v) is 6.89. The first kappa shape index (κ1) is 37.1. The van der Waals surface area contributed by atoms with Gasteiger partial charge < -0.3 is 15.2 Å². The Bertz CT molecular complexity index is 1820. The van der Waals surface area contributed by atoms with Gasteiger partial charge in [0.25, 0.3) is 0 Å². The van der Waals surface area contributed by atoms with Crippen LogP contribution in [0.1, 0.15) is 79.4 Å². The first-order valence-electron chi connectivity index (χ1n) is 16.2. The lowest BCUT2D eigenvalue weighted by atomic mass is 9.85. The van der Waals surface area contributed by atoms with Gasteiger partial charge in [0.1, 0.15) is 6.04 Å². The summed E-state index contributed by atoms with van der Waals surface area (Å²) < 4.78 is 94.0. The largest absolute Gasteiger partial charge is 0.416 e. The molecular formula is C39H40F6N2O3. The van der Waals surface area contributed by atoms with Crippen LogP contribution in [0.25, 0.3) is 0 Å². The van der Waals surface area contributed by atoms with Crippen molar-refractivity contribution in [2.45, 2.75) is 70.3 Å². The molecule has 3 atom stereocenters. The van der Waals surface area contributed by atoms with Crippen LogP contribution in [-0.4, -0.2) is 31.6 Å². The Morgan fingerprint density at radius 2 is 1.22 bits per heavy atom. The normalized spacial score (nSPS) is 15.7. The van der Waals surface area contributed by atoms with Crippen LogP contribution in [0.4, 0.5) is 26.3 Å². The second kappa shape index (κ2) is 15.0. The summed E-state index contributed by atoms with van der Waals surface area (Å²) in [6, 6.07) is 19.7. The molecule has 0 saturated carbocycles. The van der Waals surface area contributed by atoms with Crippen molar-refractivity contribution >= 4 is 5.91 Å². The molecule has 2 N–H and O–H groups in total. The minimum atomic E-state index is -4.55. The molecule has 5 nitrogen and oxygen atoms in total. The number of nitrogens with zero attached hydrogens (tertiary/aromatic N) is 1. The lowest BCUT2D eigenvalue weighted by Gasteiger charge is -2.35. The van der Waals surface area contributed by atoms with Gasteiger partial charge in [-0.3, -0.25) is 9.69 Å². The highest BCUT2D eigenvalue weighted by Gasteiger charge is 2.34. The van der Waals surface area contributed by atoms with Gasteiger partial charge in [-0.2, -0.15) is 26.3 Å². The van der Waals surface area contributed by atoms with Crippen LogP contribution < -0.4 is 5.73 Å². The van der Waals surface area contributed by atoms with E-state index in [0.29, 0.717) is 41.8 Å². The lowest BCUT2D eigenvalue weighted by molar-refractivity contribution is -0.138. The second-order valence-electron chi connectivity index (χ2n) is 12.8. The highest BCUT2D eigenvalue weighted by atomic mass is 19.4. The van der Waals surface area contributed by atoms with E-state index in [2.05, 4.69) is 0 Å². The quantitative estimate of drug-likeness (QED) is 0.159. The molecule has 0 aliphatic carbocycles. The maximum Gasteiger partial charge on any atom is 0.416 e. The molecule has 0 radical (unpaired) electrons. The number of alkyl halides is 6. The zero-order chi connectivity index (χ0) is 36.4. The smallest absolute Gasteiger partial charge is 0.376 e. The molecule has 4 aromatic carbocycles. The van der Waals surface area contributed by atoms with E-state index >= 15 is 0 Å². The minimum absolute atomic E-state index is 0.178. The number of rotatable bonds is 11. The summed E-state index contributed by atoms with van der Waals surface area (Å²) in [7, 11) is 2.88. The Hall–Kier alpha value is -4.19. The van der Waals surface area contributed by atoms with E-state index in [1.165, 1.54) is 26.4 Å². The standard InChI is InChI=1S/C39H40F6N2O3/c1-23-10-12-30(38(40,41)42)20-32(23)34(49-3)18-27-16-26-14-15-47(36(37(46)48)25-8-6-5-7-9-25)22-29(26)17-28(27)19-35(50-4)33-21-31(39(43,44)45)13-11-24(33)2/h5-13,16-17,20-21,34-36H,14-15,18-19,22H2,1-4H3,(H2,46,48)/t34?,35?,36-/m1/s1. The number of primary amides is 1. The Morgan fingerprint density at radius 3 is 1.66 bits per heavy atom. The molecular weight excluding hydrogens is 658 g/mol. The Balaban J connectivity index is 1.58. The maximum absolute atomic E-state index is 13.7. The van der Waals surface area contributed by atoms with Gasteiger partial charge >= 0.3 is 12.4 Å². The number of carbonyl (C=O) groups is 1. The Labute approximate surface area is 288 Å². The van der Waals surface area contributed by atoms with Crippen LogP contribution in [0, 0.1) is 13.8 Å². The topological polar surface area (TPSA) is 64.8 Å². The average molecular weight is 699 g/mol. The molecule has 266 valence electrons. The van der Waals surface area contributed by atoms with Crippen molar-refractivity contribution < 1.29 is 40.6 Å². The number of fused-ring (bicyclic) bond motifs is 1. The summed E-state index contributed by atoms with van der Waals surface area (Å²) in [4.78, 5) is 14.7. The summed E-state index contributed by atoms with van der Waals surface area (Å²) in [5.41, 5.74) is 10.5. The molecule has 4 aromatic rings. The third-order valence-electron chi connectivity index (χ3n) is 9.60. The van der Waals surface area contributed by atoms with Crippen molar-refractivity contribution in [3.63, 3.8) is 0 Å². The molecule has 11 heteroatoms. The van der Waals surface area contributed by atoms with Gasteiger partial charge in [0.05, 0.1) is 23.3 Å². The van der Waals surface area contributed by atoms with Crippen LogP contribution >= 0.6 is 0 Å². The number of aryl methyl sites for hydroxylation is 2. The van der Waals surface area contributed by atoms with E-state index in [1.54, 1.807) is 13.8 Å². The number of methoxy groups -OCH3 is 2. The average Bonchev–Trinajstić information content (AvgIpc) is 3.06.